The lowest BCUT2D eigenvalue weighted by molar-refractivity contribution is -0.120. The van der Waals surface area contributed by atoms with E-state index in [2.05, 4.69) is 61.3 Å². The van der Waals surface area contributed by atoms with Gasteiger partial charge in [0, 0.05) is 32.7 Å². The fourth-order valence-corrected chi connectivity index (χ4v) is 2.78. The Balaban J connectivity index is 2.08. The third-order valence-electron chi connectivity index (χ3n) is 2.77. The smallest absolute Gasteiger partial charge is 0.222 e. The van der Waals surface area contributed by atoms with E-state index in [0.29, 0.717) is 6.42 Å². The van der Waals surface area contributed by atoms with Gasteiger partial charge in [-0.05, 0) is 53.6 Å². The summed E-state index contributed by atoms with van der Waals surface area (Å²) in [5.41, 5.74) is 1.10. The molecule has 0 saturated carbocycles. The first kappa shape index (κ1) is 13.1. The Morgan fingerprint density at radius 1 is 1.47 bits per heavy atom. The first-order chi connectivity index (χ1) is 8.15. The fraction of sp³-hybridized carbons (Fsp3) is 0.417. The maximum Gasteiger partial charge on any atom is 0.222 e. The minimum atomic E-state index is 0.144. The second-order valence-electron chi connectivity index (χ2n) is 4.16. The predicted octanol–water partition coefficient (Wildman–Crippen LogP) is 3.13. The molecular formula is C12H14BrIN2O. The number of carbonyl (C=O) groups excluding carboxylic acids is 1. The van der Waals surface area contributed by atoms with Crippen LogP contribution < -0.4 is 10.6 Å². The maximum atomic E-state index is 11.5. The zero-order valence-corrected chi connectivity index (χ0v) is 13.0. The number of benzene rings is 1. The summed E-state index contributed by atoms with van der Waals surface area (Å²) in [5.74, 6) is 0.144. The van der Waals surface area contributed by atoms with Crippen LogP contribution in [0.3, 0.4) is 0 Å². The third kappa shape index (κ3) is 3.84. The number of hydrogen-bond donors (Lipinski definition) is 2. The summed E-state index contributed by atoms with van der Waals surface area (Å²) in [6, 6.07) is 6.38. The van der Waals surface area contributed by atoms with E-state index in [4.69, 9.17) is 0 Å². The number of carbonyl (C=O) groups is 1. The number of anilines is 1. The minimum absolute atomic E-state index is 0.144. The van der Waals surface area contributed by atoms with Crippen molar-refractivity contribution < 1.29 is 4.79 Å². The summed E-state index contributed by atoms with van der Waals surface area (Å²) in [6.07, 6.45) is 2.62. The Kier molecular flexibility index (Phi) is 4.67. The molecule has 0 spiro atoms. The Bertz CT molecular complexity index is 425. The molecule has 2 rings (SSSR count). The van der Waals surface area contributed by atoms with Crippen molar-refractivity contribution in [3.8, 4) is 0 Å². The van der Waals surface area contributed by atoms with E-state index in [1.165, 1.54) is 3.57 Å². The Morgan fingerprint density at radius 3 is 3.12 bits per heavy atom. The van der Waals surface area contributed by atoms with Crippen LogP contribution in [0, 0.1) is 3.57 Å². The van der Waals surface area contributed by atoms with Crippen LogP contribution in [0.4, 0.5) is 5.69 Å². The minimum Gasteiger partial charge on any atom is -0.381 e. The lowest BCUT2D eigenvalue weighted by atomic mass is 10.1. The summed E-state index contributed by atoms with van der Waals surface area (Å²) in [5, 5.41) is 6.36. The number of hydrogen-bond acceptors (Lipinski definition) is 2. The molecule has 1 fully saturated rings. The number of amides is 1. The average Bonchev–Trinajstić information content (AvgIpc) is 2.48. The largest absolute Gasteiger partial charge is 0.381 e. The van der Waals surface area contributed by atoms with Gasteiger partial charge in [-0.25, -0.2) is 0 Å². The molecule has 2 N–H and O–H groups in total. The zero-order chi connectivity index (χ0) is 12.3. The van der Waals surface area contributed by atoms with E-state index in [1.54, 1.807) is 0 Å². The fourth-order valence-electron chi connectivity index (χ4n) is 1.93. The second kappa shape index (κ2) is 6.04. The first-order valence-corrected chi connectivity index (χ1v) is 7.50. The third-order valence-corrected chi connectivity index (χ3v) is 4.21. The van der Waals surface area contributed by atoms with Crippen LogP contribution in [-0.2, 0) is 4.79 Å². The molecule has 3 nitrogen and oxygen atoms in total. The Labute approximate surface area is 123 Å². The van der Waals surface area contributed by atoms with Gasteiger partial charge < -0.3 is 10.6 Å². The Morgan fingerprint density at radius 2 is 2.29 bits per heavy atom. The van der Waals surface area contributed by atoms with Crippen molar-refractivity contribution in [1.29, 1.82) is 0 Å². The van der Waals surface area contributed by atoms with Crippen LogP contribution >= 0.6 is 38.5 Å². The van der Waals surface area contributed by atoms with Crippen molar-refractivity contribution >= 4 is 50.1 Å². The molecule has 0 aliphatic carbocycles. The molecule has 1 aromatic carbocycles. The van der Waals surface area contributed by atoms with Crippen molar-refractivity contribution in [2.75, 3.05) is 11.9 Å². The molecule has 0 bridgehead atoms. The highest BCUT2D eigenvalue weighted by Gasteiger charge is 2.17. The topological polar surface area (TPSA) is 41.1 Å². The van der Waals surface area contributed by atoms with Gasteiger partial charge in [-0.1, -0.05) is 15.9 Å². The second-order valence-corrected chi connectivity index (χ2v) is 6.24. The summed E-state index contributed by atoms with van der Waals surface area (Å²) >= 11 is 5.77. The van der Waals surface area contributed by atoms with Gasteiger partial charge in [-0.3, -0.25) is 4.79 Å². The van der Waals surface area contributed by atoms with Crippen molar-refractivity contribution in [1.82, 2.24) is 5.32 Å². The highest BCUT2D eigenvalue weighted by molar-refractivity contribution is 14.1. The molecule has 1 heterocycles. The molecule has 1 unspecified atom stereocenters. The summed E-state index contributed by atoms with van der Waals surface area (Å²) in [6.45, 7) is 0.798. The number of rotatable bonds is 2. The highest BCUT2D eigenvalue weighted by atomic mass is 127. The monoisotopic (exact) mass is 408 g/mol. The molecule has 1 aliphatic rings. The molecular weight excluding hydrogens is 395 g/mol. The van der Waals surface area contributed by atoms with Crippen molar-refractivity contribution in [2.45, 2.75) is 25.3 Å². The van der Waals surface area contributed by atoms with Crippen LogP contribution in [0.15, 0.2) is 22.7 Å². The Hall–Kier alpha value is -0.300. The van der Waals surface area contributed by atoms with Gasteiger partial charge in [0.2, 0.25) is 5.91 Å². The average molecular weight is 409 g/mol. The molecule has 5 heteroatoms. The molecule has 17 heavy (non-hydrogen) atoms. The predicted molar refractivity (Wildman–Crippen MR) is 81.1 cm³/mol. The van der Waals surface area contributed by atoms with Gasteiger partial charge in [-0.15, -0.1) is 0 Å². The SMILES string of the molecule is O=C1CC(Nc2cc(Br)ccc2I)CCCN1. The normalized spacial score (nSPS) is 20.6. The van der Waals surface area contributed by atoms with Crippen LogP contribution in [0.5, 0.6) is 0 Å². The van der Waals surface area contributed by atoms with Gasteiger partial charge in [0.1, 0.15) is 0 Å². The van der Waals surface area contributed by atoms with E-state index in [0.717, 1.165) is 29.5 Å². The zero-order valence-electron chi connectivity index (χ0n) is 9.30. The lowest BCUT2D eigenvalue weighted by Crippen LogP contribution is -2.27. The molecule has 0 aromatic heterocycles. The molecule has 1 aromatic rings. The molecule has 92 valence electrons. The van der Waals surface area contributed by atoms with Gasteiger partial charge in [0.05, 0.1) is 0 Å². The maximum absolute atomic E-state index is 11.5. The summed E-state index contributed by atoms with van der Waals surface area (Å²) < 4.78 is 2.23. The number of halogens is 2. The highest BCUT2D eigenvalue weighted by Crippen LogP contribution is 2.25. The van der Waals surface area contributed by atoms with E-state index in [-0.39, 0.29) is 11.9 Å². The van der Waals surface area contributed by atoms with Crippen LogP contribution in [0.2, 0.25) is 0 Å². The van der Waals surface area contributed by atoms with Gasteiger partial charge >= 0.3 is 0 Å². The molecule has 1 amide bonds. The standard InChI is InChI=1S/C12H14BrIN2O/c13-8-3-4-10(14)11(6-8)16-9-2-1-5-15-12(17)7-9/h3-4,6,9,16H,1-2,5,7H2,(H,15,17). The van der Waals surface area contributed by atoms with E-state index >= 15 is 0 Å². The van der Waals surface area contributed by atoms with Crippen LogP contribution in [0.25, 0.3) is 0 Å². The van der Waals surface area contributed by atoms with Crippen molar-refractivity contribution in [3.63, 3.8) is 0 Å². The first-order valence-electron chi connectivity index (χ1n) is 5.63. The molecule has 1 atom stereocenters. The van der Waals surface area contributed by atoms with Gasteiger partial charge in [0.25, 0.3) is 0 Å². The lowest BCUT2D eigenvalue weighted by Gasteiger charge is -2.18. The summed E-state index contributed by atoms with van der Waals surface area (Å²) in [4.78, 5) is 11.5. The van der Waals surface area contributed by atoms with E-state index in [1.807, 2.05) is 6.07 Å². The van der Waals surface area contributed by atoms with Crippen molar-refractivity contribution in [3.05, 3.63) is 26.2 Å². The van der Waals surface area contributed by atoms with Gasteiger partial charge in [0.15, 0.2) is 0 Å². The van der Waals surface area contributed by atoms with Crippen LogP contribution in [-0.4, -0.2) is 18.5 Å². The molecule has 0 radical (unpaired) electrons. The van der Waals surface area contributed by atoms with Crippen molar-refractivity contribution in [2.24, 2.45) is 0 Å². The van der Waals surface area contributed by atoms with E-state index < -0.39 is 0 Å². The van der Waals surface area contributed by atoms with Gasteiger partial charge in [-0.2, -0.15) is 0 Å². The van der Waals surface area contributed by atoms with E-state index in [9.17, 15) is 4.79 Å². The quantitative estimate of drug-likeness (QED) is 0.738. The molecule has 1 saturated heterocycles. The number of nitrogens with one attached hydrogen (secondary N) is 2. The van der Waals surface area contributed by atoms with Crippen LogP contribution in [0.1, 0.15) is 19.3 Å². The summed E-state index contributed by atoms with van der Waals surface area (Å²) in [7, 11) is 0. The molecule has 1 aliphatic heterocycles.